The first-order valence-corrected chi connectivity index (χ1v) is 9.59. The summed E-state index contributed by atoms with van der Waals surface area (Å²) in [5.74, 6) is 1.93. The number of aromatic amines is 1. The van der Waals surface area contributed by atoms with Crippen LogP contribution in [0.15, 0.2) is 29.4 Å². The zero-order valence-electron chi connectivity index (χ0n) is 14.3. The van der Waals surface area contributed by atoms with Gasteiger partial charge in [0.05, 0.1) is 0 Å². The fourth-order valence-corrected chi connectivity index (χ4v) is 4.34. The van der Waals surface area contributed by atoms with Crippen LogP contribution in [0.3, 0.4) is 0 Å². The van der Waals surface area contributed by atoms with Gasteiger partial charge in [-0.25, -0.2) is 4.39 Å². The van der Waals surface area contributed by atoms with Crippen LogP contribution < -0.4 is 5.32 Å². The zero-order valence-corrected chi connectivity index (χ0v) is 15.1. The maximum Gasteiger partial charge on any atom is 0.193 e. The van der Waals surface area contributed by atoms with Crippen molar-refractivity contribution in [2.75, 3.05) is 32.4 Å². The number of nitrogens with one attached hydrogen (secondary N) is 2. The Balaban J connectivity index is 1.59. The number of benzene rings is 1. The van der Waals surface area contributed by atoms with E-state index in [1.165, 1.54) is 12.5 Å². The summed E-state index contributed by atoms with van der Waals surface area (Å²) >= 11 is 2.06. The van der Waals surface area contributed by atoms with Gasteiger partial charge in [0, 0.05) is 54.8 Å². The molecule has 3 rings (SSSR count). The molecule has 0 bridgehead atoms. The lowest BCUT2D eigenvalue weighted by molar-refractivity contribution is 0.408. The van der Waals surface area contributed by atoms with Gasteiger partial charge >= 0.3 is 0 Å². The maximum atomic E-state index is 13.5. The maximum absolute atomic E-state index is 13.5. The Morgan fingerprint density at radius 2 is 2.38 bits per heavy atom. The predicted molar refractivity (Wildman–Crippen MR) is 101 cm³/mol. The summed E-state index contributed by atoms with van der Waals surface area (Å²) in [5.41, 5.74) is 2.11. The second-order valence-corrected chi connectivity index (χ2v) is 7.48. The minimum absolute atomic E-state index is 0.191. The van der Waals surface area contributed by atoms with Crippen molar-refractivity contribution in [3.05, 3.63) is 35.8 Å². The van der Waals surface area contributed by atoms with Crippen LogP contribution in [0, 0.1) is 5.82 Å². The molecule has 0 amide bonds. The zero-order chi connectivity index (χ0) is 16.9. The van der Waals surface area contributed by atoms with E-state index < -0.39 is 0 Å². The van der Waals surface area contributed by atoms with Crippen LogP contribution >= 0.6 is 11.8 Å². The number of fused-ring (bicyclic) bond motifs is 1. The minimum Gasteiger partial charge on any atom is -0.361 e. The van der Waals surface area contributed by atoms with Gasteiger partial charge in [0.2, 0.25) is 0 Å². The second kappa shape index (κ2) is 7.92. The van der Waals surface area contributed by atoms with Crippen molar-refractivity contribution < 1.29 is 4.39 Å². The highest BCUT2D eigenvalue weighted by Crippen LogP contribution is 2.21. The van der Waals surface area contributed by atoms with Gasteiger partial charge in [-0.2, -0.15) is 11.8 Å². The van der Waals surface area contributed by atoms with E-state index in [1.54, 1.807) is 12.1 Å². The molecule has 130 valence electrons. The summed E-state index contributed by atoms with van der Waals surface area (Å²) in [4.78, 5) is 9.98. The Bertz CT molecular complexity index is 712. The minimum atomic E-state index is -0.191. The van der Waals surface area contributed by atoms with E-state index in [4.69, 9.17) is 0 Å². The summed E-state index contributed by atoms with van der Waals surface area (Å²) in [6.45, 7) is 5.13. The van der Waals surface area contributed by atoms with Crippen molar-refractivity contribution in [3.63, 3.8) is 0 Å². The van der Waals surface area contributed by atoms with Crippen molar-refractivity contribution in [3.8, 4) is 0 Å². The highest BCUT2D eigenvalue weighted by atomic mass is 32.2. The molecule has 2 aromatic rings. The van der Waals surface area contributed by atoms with Crippen molar-refractivity contribution in [2.45, 2.75) is 25.0 Å². The molecule has 0 saturated carbocycles. The van der Waals surface area contributed by atoms with Crippen LogP contribution in [0.1, 0.15) is 18.9 Å². The standard InChI is InChI=1S/C18H25FN4S/c1-3-15-12-23(8-9-24-15)18(20-2)21-7-6-13-11-22-17-5-4-14(19)10-16(13)17/h4-5,10-11,15,22H,3,6-9,12H2,1-2H3,(H,20,21). The first-order valence-electron chi connectivity index (χ1n) is 8.54. The lowest BCUT2D eigenvalue weighted by Crippen LogP contribution is -2.48. The first-order chi connectivity index (χ1) is 11.7. The normalized spacial score (nSPS) is 19.0. The molecule has 1 aliphatic rings. The quantitative estimate of drug-likeness (QED) is 0.658. The van der Waals surface area contributed by atoms with E-state index in [0.717, 1.165) is 54.2 Å². The number of nitrogens with zero attached hydrogens (tertiary/aromatic N) is 2. The Morgan fingerprint density at radius 3 is 3.17 bits per heavy atom. The number of hydrogen-bond acceptors (Lipinski definition) is 2. The number of rotatable bonds is 4. The van der Waals surface area contributed by atoms with Crippen molar-refractivity contribution in [1.29, 1.82) is 0 Å². The molecule has 1 aromatic heterocycles. The van der Waals surface area contributed by atoms with Gasteiger partial charge < -0.3 is 15.2 Å². The molecule has 0 radical (unpaired) electrons. The molecule has 1 aromatic carbocycles. The smallest absolute Gasteiger partial charge is 0.193 e. The fraction of sp³-hybridized carbons (Fsp3) is 0.500. The van der Waals surface area contributed by atoms with Gasteiger partial charge in [0.25, 0.3) is 0 Å². The molecule has 1 atom stereocenters. The Hall–Kier alpha value is -1.69. The van der Waals surface area contributed by atoms with E-state index in [2.05, 4.69) is 38.9 Å². The number of aromatic nitrogens is 1. The molecule has 4 nitrogen and oxygen atoms in total. The summed E-state index contributed by atoms with van der Waals surface area (Å²) in [5, 5.41) is 5.11. The van der Waals surface area contributed by atoms with E-state index in [-0.39, 0.29) is 5.82 Å². The van der Waals surface area contributed by atoms with Gasteiger partial charge in [0.15, 0.2) is 5.96 Å². The third kappa shape index (κ3) is 3.86. The fourth-order valence-electron chi connectivity index (χ4n) is 3.16. The highest BCUT2D eigenvalue weighted by Gasteiger charge is 2.21. The monoisotopic (exact) mass is 348 g/mol. The van der Waals surface area contributed by atoms with Crippen LogP contribution in [0.5, 0.6) is 0 Å². The molecular formula is C18H25FN4S. The largest absolute Gasteiger partial charge is 0.361 e. The van der Waals surface area contributed by atoms with Gasteiger partial charge in [-0.05, 0) is 36.6 Å². The average molecular weight is 348 g/mol. The SMILES string of the molecule is CCC1CN(C(=NC)NCCc2c[nH]c3ccc(F)cc23)CCS1. The summed E-state index contributed by atoms with van der Waals surface area (Å²) in [6.07, 6.45) is 4.00. The summed E-state index contributed by atoms with van der Waals surface area (Å²) in [6, 6.07) is 4.88. The molecule has 24 heavy (non-hydrogen) atoms. The number of aliphatic imine (C=N–C) groups is 1. The van der Waals surface area contributed by atoms with E-state index in [1.807, 2.05) is 13.2 Å². The van der Waals surface area contributed by atoms with Gasteiger partial charge in [-0.15, -0.1) is 0 Å². The Labute approximate surface area is 146 Å². The van der Waals surface area contributed by atoms with E-state index >= 15 is 0 Å². The molecule has 1 saturated heterocycles. The Kier molecular flexibility index (Phi) is 5.66. The van der Waals surface area contributed by atoms with E-state index in [0.29, 0.717) is 5.25 Å². The number of hydrogen-bond donors (Lipinski definition) is 2. The van der Waals surface area contributed by atoms with Gasteiger partial charge in [0.1, 0.15) is 5.82 Å². The molecule has 1 unspecified atom stereocenters. The van der Waals surface area contributed by atoms with Crippen molar-refractivity contribution in [2.24, 2.45) is 4.99 Å². The van der Waals surface area contributed by atoms with Crippen LogP contribution in [0.4, 0.5) is 4.39 Å². The Morgan fingerprint density at radius 1 is 1.50 bits per heavy atom. The molecule has 1 aliphatic heterocycles. The predicted octanol–water partition coefficient (Wildman–Crippen LogP) is 3.25. The third-order valence-corrected chi connectivity index (χ3v) is 5.88. The first kappa shape index (κ1) is 17.1. The second-order valence-electron chi connectivity index (χ2n) is 6.07. The number of H-pyrrole nitrogens is 1. The van der Waals surface area contributed by atoms with Crippen LogP contribution in [0.2, 0.25) is 0 Å². The van der Waals surface area contributed by atoms with Crippen LogP contribution in [-0.4, -0.2) is 53.5 Å². The third-order valence-electron chi connectivity index (χ3n) is 4.51. The average Bonchev–Trinajstić information content (AvgIpc) is 3.01. The molecular weight excluding hydrogens is 323 g/mol. The molecule has 6 heteroatoms. The van der Waals surface area contributed by atoms with Crippen molar-refractivity contribution in [1.82, 2.24) is 15.2 Å². The number of halogens is 1. The lowest BCUT2D eigenvalue weighted by Gasteiger charge is -2.34. The summed E-state index contributed by atoms with van der Waals surface area (Å²) in [7, 11) is 1.84. The number of guanidine groups is 1. The lowest BCUT2D eigenvalue weighted by atomic mass is 10.1. The topological polar surface area (TPSA) is 43.4 Å². The molecule has 0 spiro atoms. The molecule has 1 fully saturated rings. The summed E-state index contributed by atoms with van der Waals surface area (Å²) < 4.78 is 13.5. The molecule has 2 heterocycles. The van der Waals surface area contributed by atoms with Gasteiger partial charge in [-0.3, -0.25) is 4.99 Å². The van der Waals surface area contributed by atoms with Crippen LogP contribution in [0.25, 0.3) is 10.9 Å². The molecule has 2 N–H and O–H groups in total. The van der Waals surface area contributed by atoms with Crippen molar-refractivity contribution >= 4 is 28.6 Å². The highest BCUT2D eigenvalue weighted by molar-refractivity contribution is 8.00. The molecule has 0 aliphatic carbocycles. The van der Waals surface area contributed by atoms with Crippen LogP contribution in [-0.2, 0) is 6.42 Å². The van der Waals surface area contributed by atoms with E-state index in [9.17, 15) is 4.39 Å². The van der Waals surface area contributed by atoms with Gasteiger partial charge in [-0.1, -0.05) is 6.92 Å². The number of thioether (sulfide) groups is 1.